The van der Waals surface area contributed by atoms with Crippen LogP contribution in [0.1, 0.15) is 43.1 Å². The number of hydrogen-bond donors (Lipinski definition) is 4. The molecule has 0 unspecified atom stereocenters. The SMILES string of the molecule is CC(C)(C)OC(=O)NCCCc1ccc(NS(=O)(=O)c2cc(Cl)c(O)c(C(N)=O)c2)cc1. The molecule has 0 atom stereocenters. The van der Waals surface area contributed by atoms with E-state index in [0.717, 1.165) is 17.7 Å². The molecular formula is C21H26ClN3O6S. The number of carbonyl (C=O) groups excluding carboxylic acids is 2. The first kappa shape index (κ1) is 25.3. The van der Waals surface area contributed by atoms with E-state index in [1.165, 1.54) is 0 Å². The highest BCUT2D eigenvalue weighted by atomic mass is 35.5. The number of aromatic hydroxyl groups is 1. The van der Waals surface area contributed by atoms with Crippen molar-refractivity contribution in [1.29, 1.82) is 0 Å². The molecule has 0 heterocycles. The van der Waals surface area contributed by atoms with Gasteiger partial charge in [0.15, 0.2) is 0 Å². The van der Waals surface area contributed by atoms with Gasteiger partial charge in [-0.1, -0.05) is 23.7 Å². The lowest BCUT2D eigenvalue weighted by atomic mass is 10.1. The fraction of sp³-hybridized carbons (Fsp3) is 0.333. The maximum absolute atomic E-state index is 12.6. The summed E-state index contributed by atoms with van der Waals surface area (Å²) in [5.41, 5.74) is 5.45. The fourth-order valence-electron chi connectivity index (χ4n) is 2.67. The smallest absolute Gasteiger partial charge is 0.407 e. The summed E-state index contributed by atoms with van der Waals surface area (Å²) in [6.45, 7) is 5.80. The van der Waals surface area contributed by atoms with Gasteiger partial charge in [0, 0.05) is 12.2 Å². The molecule has 0 aromatic heterocycles. The number of nitrogens with two attached hydrogens (primary N) is 1. The van der Waals surface area contributed by atoms with E-state index in [9.17, 15) is 23.1 Å². The number of halogens is 1. The second kappa shape index (κ2) is 10.1. The molecule has 11 heteroatoms. The number of sulfonamides is 1. The maximum Gasteiger partial charge on any atom is 0.407 e. The molecule has 2 rings (SSSR count). The van der Waals surface area contributed by atoms with E-state index in [1.54, 1.807) is 45.0 Å². The second-order valence-corrected chi connectivity index (χ2v) is 10.1. The predicted octanol–water partition coefficient (Wildman–Crippen LogP) is 3.40. The van der Waals surface area contributed by atoms with Gasteiger partial charge >= 0.3 is 6.09 Å². The molecule has 0 fully saturated rings. The molecule has 0 bridgehead atoms. The van der Waals surface area contributed by atoms with E-state index in [4.69, 9.17) is 22.1 Å². The lowest BCUT2D eigenvalue weighted by Crippen LogP contribution is -2.33. The molecule has 2 aromatic rings. The Labute approximate surface area is 192 Å². The van der Waals surface area contributed by atoms with Crippen molar-refractivity contribution in [2.45, 2.75) is 44.1 Å². The van der Waals surface area contributed by atoms with Crippen LogP contribution in [0.3, 0.4) is 0 Å². The van der Waals surface area contributed by atoms with E-state index < -0.39 is 38.9 Å². The number of hydrogen-bond acceptors (Lipinski definition) is 6. The third-order valence-corrected chi connectivity index (χ3v) is 5.78. The average Bonchev–Trinajstić information content (AvgIpc) is 2.66. The molecule has 0 saturated carbocycles. The highest BCUT2D eigenvalue weighted by Gasteiger charge is 2.21. The van der Waals surface area contributed by atoms with Crippen molar-refractivity contribution in [2.75, 3.05) is 11.3 Å². The molecule has 0 aliphatic heterocycles. The molecule has 0 aliphatic carbocycles. The minimum absolute atomic E-state index is 0.297. The zero-order chi connectivity index (χ0) is 24.1. The Kier molecular flexibility index (Phi) is 7.97. The van der Waals surface area contributed by atoms with E-state index >= 15 is 0 Å². The molecule has 2 aromatic carbocycles. The topological polar surface area (TPSA) is 148 Å². The van der Waals surface area contributed by atoms with Gasteiger partial charge < -0.3 is 20.9 Å². The number of anilines is 1. The fourth-order valence-corrected chi connectivity index (χ4v) is 4.06. The molecule has 9 nitrogen and oxygen atoms in total. The van der Waals surface area contributed by atoms with Crippen molar-refractivity contribution in [1.82, 2.24) is 5.32 Å². The Morgan fingerprint density at radius 3 is 2.34 bits per heavy atom. The van der Waals surface area contributed by atoms with Gasteiger partial charge in [-0.05, 0) is 63.4 Å². The highest BCUT2D eigenvalue weighted by molar-refractivity contribution is 7.92. The van der Waals surface area contributed by atoms with Gasteiger partial charge in [-0.25, -0.2) is 13.2 Å². The third kappa shape index (κ3) is 7.31. The first-order valence-corrected chi connectivity index (χ1v) is 11.6. The Hall–Kier alpha value is -2.98. The zero-order valence-electron chi connectivity index (χ0n) is 17.9. The number of alkyl carbamates (subject to hydrolysis) is 1. The highest BCUT2D eigenvalue weighted by Crippen LogP contribution is 2.31. The number of amides is 2. The number of benzene rings is 2. The number of carbonyl (C=O) groups is 2. The first-order chi connectivity index (χ1) is 14.8. The maximum atomic E-state index is 12.6. The van der Waals surface area contributed by atoms with Crippen LogP contribution in [0.25, 0.3) is 0 Å². The van der Waals surface area contributed by atoms with E-state index in [1.807, 2.05) is 0 Å². The molecule has 5 N–H and O–H groups in total. The number of phenols is 1. The number of nitrogens with one attached hydrogen (secondary N) is 2. The van der Waals surface area contributed by atoms with Crippen LogP contribution in [0.2, 0.25) is 5.02 Å². The summed E-state index contributed by atoms with van der Waals surface area (Å²) in [7, 11) is -4.08. The summed E-state index contributed by atoms with van der Waals surface area (Å²) in [4.78, 5) is 22.7. The summed E-state index contributed by atoms with van der Waals surface area (Å²) in [5.74, 6) is -1.59. The quantitative estimate of drug-likeness (QED) is 0.423. The van der Waals surface area contributed by atoms with Crippen LogP contribution in [0.15, 0.2) is 41.3 Å². The van der Waals surface area contributed by atoms with Crippen LogP contribution in [0, 0.1) is 0 Å². The standard InChI is InChI=1S/C21H26ClN3O6S/c1-21(2,3)31-20(28)24-10-4-5-13-6-8-14(9-7-13)25-32(29,30)15-11-16(19(23)27)18(26)17(22)12-15/h6-9,11-12,25-26H,4-5,10H2,1-3H3,(H2,23,27)(H,24,28). The van der Waals surface area contributed by atoms with Crippen molar-refractivity contribution >= 4 is 39.3 Å². The van der Waals surface area contributed by atoms with Crippen LogP contribution in [0.5, 0.6) is 5.75 Å². The number of ether oxygens (including phenoxy) is 1. The minimum Gasteiger partial charge on any atom is -0.506 e. The molecule has 32 heavy (non-hydrogen) atoms. The Bertz CT molecular complexity index is 1100. The van der Waals surface area contributed by atoms with Crippen molar-refractivity contribution in [3.05, 3.63) is 52.5 Å². The Morgan fingerprint density at radius 2 is 1.78 bits per heavy atom. The lowest BCUT2D eigenvalue weighted by Gasteiger charge is -2.19. The first-order valence-electron chi connectivity index (χ1n) is 9.69. The van der Waals surface area contributed by atoms with Crippen LogP contribution in [0.4, 0.5) is 10.5 Å². The summed E-state index contributed by atoms with van der Waals surface area (Å²) >= 11 is 5.82. The van der Waals surface area contributed by atoms with Gasteiger partial charge in [0.2, 0.25) is 0 Å². The third-order valence-electron chi connectivity index (χ3n) is 4.13. The van der Waals surface area contributed by atoms with Gasteiger partial charge in [-0.2, -0.15) is 0 Å². The molecule has 2 amide bonds. The molecule has 174 valence electrons. The molecule has 0 saturated heterocycles. The van der Waals surface area contributed by atoms with Crippen LogP contribution >= 0.6 is 11.6 Å². The van der Waals surface area contributed by atoms with Gasteiger partial charge in [-0.15, -0.1) is 0 Å². The monoisotopic (exact) mass is 483 g/mol. The summed E-state index contributed by atoms with van der Waals surface area (Å²) in [6, 6.07) is 8.67. The van der Waals surface area contributed by atoms with Crippen molar-refractivity contribution in [2.24, 2.45) is 5.73 Å². The molecule has 0 spiro atoms. The average molecular weight is 484 g/mol. The van der Waals surface area contributed by atoms with Crippen LogP contribution in [-0.2, 0) is 21.2 Å². The lowest BCUT2D eigenvalue weighted by molar-refractivity contribution is 0.0527. The van der Waals surface area contributed by atoms with E-state index in [2.05, 4.69) is 10.0 Å². The minimum atomic E-state index is -4.08. The summed E-state index contributed by atoms with van der Waals surface area (Å²) in [6.07, 6.45) is 0.862. The van der Waals surface area contributed by atoms with Crippen molar-refractivity contribution in [3.63, 3.8) is 0 Å². The normalized spacial score (nSPS) is 11.6. The Balaban J connectivity index is 1.97. The summed E-state index contributed by atoms with van der Waals surface area (Å²) < 4.78 is 32.8. The molecular weight excluding hydrogens is 458 g/mol. The summed E-state index contributed by atoms with van der Waals surface area (Å²) in [5, 5.41) is 12.1. The predicted molar refractivity (Wildman–Crippen MR) is 121 cm³/mol. The largest absolute Gasteiger partial charge is 0.506 e. The van der Waals surface area contributed by atoms with Crippen molar-refractivity contribution < 1.29 is 27.9 Å². The van der Waals surface area contributed by atoms with Gasteiger partial charge in [-0.3, -0.25) is 9.52 Å². The second-order valence-electron chi connectivity index (χ2n) is 8.00. The van der Waals surface area contributed by atoms with E-state index in [0.29, 0.717) is 25.1 Å². The molecule has 0 radical (unpaired) electrons. The zero-order valence-corrected chi connectivity index (χ0v) is 19.5. The van der Waals surface area contributed by atoms with Gasteiger partial charge in [0.25, 0.3) is 15.9 Å². The van der Waals surface area contributed by atoms with E-state index in [-0.39, 0.29) is 9.92 Å². The van der Waals surface area contributed by atoms with Gasteiger partial charge in [0.05, 0.1) is 15.5 Å². The number of primary amides is 1. The van der Waals surface area contributed by atoms with Gasteiger partial charge in [0.1, 0.15) is 11.4 Å². The van der Waals surface area contributed by atoms with Crippen molar-refractivity contribution in [3.8, 4) is 5.75 Å². The van der Waals surface area contributed by atoms with Crippen LogP contribution in [-0.4, -0.2) is 37.7 Å². The van der Waals surface area contributed by atoms with Crippen LogP contribution < -0.4 is 15.8 Å². The molecule has 0 aliphatic rings. The number of rotatable bonds is 8. The Morgan fingerprint density at radius 1 is 1.16 bits per heavy atom. The number of aryl methyl sites for hydroxylation is 1.